The number of β-amino-alcohol motifs (C(OH)–C–C–N with tert-alkyl or cyclic N) is 1. The summed E-state index contributed by atoms with van der Waals surface area (Å²) in [7, 11) is 1.77. The van der Waals surface area contributed by atoms with Crippen LogP contribution in [-0.2, 0) is 20.8 Å². The van der Waals surface area contributed by atoms with Crippen LogP contribution in [0.3, 0.4) is 0 Å². The zero-order valence-electron chi connectivity index (χ0n) is 38.2. The van der Waals surface area contributed by atoms with E-state index in [1.54, 1.807) is 29.5 Å². The normalized spacial score (nSPS) is 18.5. The van der Waals surface area contributed by atoms with Crippen molar-refractivity contribution in [3.05, 3.63) is 107 Å². The predicted octanol–water partition coefficient (Wildman–Crippen LogP) is 9.11. The van der Waals surface area contributed by atoms with Gasteiger partial charge in [-0.1, -0.05) is 82.1 Å². The number of aryl methyl sites for hydroxylation is 2. The molecule has 1 aliphatic carbocycles. The molecular weight excluding hydrogens is 837 g/mol. The molecule has 8 rings (SSSR count). The fourth-order valence-corrected chi connectivity index (χ4v) is 10.3. The van der Waals surface area contributed by atoms with Crippen LogP contribution in [0.15, 0.2) is 84.5 Å². The maximum absolute atomic E-state index is 14.3. The molecule has 3 aromatic carbocycles. The third-order valence-corrected chi connectivity index (χ3v) is 14.3. The second-order valence-electron chi connectivity index (χ2n) is 18.9. The van der Waals surface area contributed by atoms with E-state index in [1.165, 1.54) is 4.90 Å². The number of amides is 3. The number of carbonyl (C=O) groups is 4. The van der Waals surface area contributed by atoms with Gasteiger partial charge in [0.1, 0.15) is 17.5 Å². The van der Waals surface area contributed by atoms with Gasteiger partial charge < -0.3 is 30.4 Å². The maximum atomic E-state index is 14.3. The summed E-state index contributed by atoms with van der Waals surface area (Å²) in [5.41, 5.74) is 8.31. The number of hydrogen-bond acceptors (Lipinski definition) is 11. The summed E-state index contributed by atoms with van der Waals surface area (Å²) in [6.45, 7) is 9.77. The van der Waals surface area contributed by atoms with Gasteiger partial charge in [0.2, 0.25) is 17.8 Å². The van der Waals surface area contributed by atoms with Crippen LogP contribution in [0.4, 0.5) is 28.8 Å². The molecule has 2 aliphatic heterocycles. The Bertz CT molecular complexity index is 2530. The van der Waals surface area contributed by atoms with Gasteiger partial charge in [0.05, 0.1) is 45.7 Å². The highest BCUT2D eigenvalue weighted by molar-refractivity contribution is 7.13. The van der Waals surface area contributed by atoms with E-state index in [-0.39, 0.29) is 55.0 Å². The number of carbonyl (C=O) groups excluding carboxylic acids is 4. The molecule has 0 radical (unpaired) electrons. The third-order valence-electron chi connectivity index (χ3n) is 13.3. The Morgan fingerprint density at radius 1 is 0.954 bits per heavy atom. The van der Waals surface area contributed by atoms with Crippen LogP contribution in [0, 0.1) is 18.3 Å². The number of fused-ring (bicyclic) bond motifs is 2. The lowest BCUT2D eigenvalue weighted by atomic mass is 9.76. The molecule has 4 atom stereocenters. The van der Waals surface area contributed by atoms with Crippen LogP contribution in [0.2, 0.25) is 0 Å². The van der Waals surface area contributed by atoms with Crippen molar-refractivity contribution >= 4 is 63.7 Å². The Balaban J connectivity index is 0.862. The smallest absolute Gasteiger partial charge is 0.260 e. The number of hydrogen-bond donors (Lipinski definition) is 3. The van der Waals surface area contributed by atoms with Gasteiger partial charge in [-0.3, -0.25) is 19.2 Å². The molecular formula is C51H60N8O5S. The molecule has 3 aliphatic rings. The second kappa shape index (κ2) is 19.2. The lowest BCUT2D eigenvalue weighted by molar-refractivity contribution is -0.146. The number of aliphatic hydroxyl groups excluding tert-OH is 1. The van der Waals surface area contributed by atoms with Crippen molar-refractivity contribution in [2.75, 3.05) is 28.7 Å². The number of para-hydroxylation sites is 1. The number of ketones is 1. The lowest BCUT2D eigenvalue weighted by Gasteiger charge is -2.35. The molecule has 65 heavy (non-hydrogen) atoms. The van der Waals surface area contributed by atoms with Crippen LogP contribution < -0.4 is 20.4 Å². The van der Waals surface area contributed by atoms with Gasteiger partial charge in [0.15, 0.2) is 5.82 Å². The first kappa shape index (κ1) is 45.6. The SMILES string of the molecule is Cc1ncsc1-c1ccc([C@H](C)NC(=O)[C@@H]2C[C@@H](O)CN2C(=O)[C@@H](CC(=O)CCCc2ccc(Nc3ncc4c(n3)N(C3CCCC3)c3ccccc3C(=O)N4C)cc2)C(C)(C)C)cc1. The number of nitrogens with zero attached hydrogens (tertiary/aromatic N) is 6. The van der Waals surface area contributed by atoms with Crippen LogP contribution in [0.1, 0.15) is 112 Å². The summed E-state index contributed by atoms with van der Waals surface area (Å²) in [5, 5.41) is 17.2. The second-order valence-corrected chi connectivity index (χ2v) is 19.8. The van der Waals surface area contributed by atoms with E-state index < -0.39 is 23.5 Å². The van der Waals surface area contributed by atoms with Crippen LogP contribution >= 0.6 is 11.3 Å². The van der Waals surface area contributed by atoms with Crippen LogP contribution in [0.5, 0.6) is 0 Å². The highest BCUT2D eigenvalue weighted by Gasteiger charge is 2.45. The van der Waals surface area contributed by atoms with Gasteiger partial charge in [-0.15, -0.1) is 11.3 Å². The molecule has 3 amide bonds. The highest BCUT2D eigenvalue weighted by atomic mass is 32.1. The third kappa shape index (κ3) is 9.98. The van der Waals surface area contributed by atoms with Crippen molar-refractivity contribution in [2.45, 2.75) is 117 Å². The average Bonchev–Trinajstić information content (AvgIpc) is 4.06. The largest absolute Gasteiger partial charge is 0.391 e. The minimum absolute atomic E-state index is 0.00937. The zero-order chi connectivity index (χ0) is 46.0. The fourth-order valence-electron chi connectivity index (χ4n) is 9.51. The van der Waals surface area contributed by atoms with Crippen molar-refractivity contribution in [1.29, 1.82) is 0 Å². The maximum Gasteiger partial charge on any atom is 0.260 e. The van der Waals surface area contributed by atoms with Gasteiger partial charge >= 0.3 is 0 Å². The van der Waals surface area contributed by atoms with Gasteiger partial charge in [0.25, 0.3) is 5.91 Å². The Labute approximate surface area is 385 Å². The highest BCUT2D eigenvalue weighted by Crippen LogP contribution is 2.44. The van der Waals surface area contributed by atoms with Crippen molar-refractivity contribution in [2.24, 2.45) is 11.3 Å². The molecule has 5 aromatic rings. The fraction of sp³-hybridized carbons (Fsp3) is 0.431. The number of rotatable bonds is 14. The van der Waals surface area contributed by atoms with E-state index in [4.69, 9.17) is 4.98 Å². The van der Waals surface area contributed by atoms with Crippen molar-refractivity contribution in [1.82, 2.24) is 25.2 Å². The molecule has 13 nitrogen and oxygen atoms in total. The monoisotopic (exact) mass is 896 g/mol. The Morgan fingerprint density at radius 3 is 2.37 bits per heavy atom. The number of Topliss-reactive ketones (excluding diaryl/α,β-unsaturated/α-hetero) is 1. The van der Waals surface area contributed by atoms with E-state index in [0.717, 1.165) is 64.3 Å². The summed E-state index contributed by atoms with van der Waals surface area (Å²) in [4.78, 5) is 75.5. The van der Waals surface area contributed by atoms with Gasteiger partial charge in [-0.2, -0.15) is 4.98 Å². The quantitative estimate of drug-likeness (QED) is 0.0981. The zero-order valence-corrected chi connectivity index (χ0v) is 39.0. The Kier molecular flexibility index (Phi) is 13.5. The standard InChI is InChI=1S/C51H60N8O5S/c1-31(34-20-22-35(23-21-34)45-32(2)53-30-65-45)54-47(62)43-27-39(61)29-58(43)49(64)41(51(3,4)5)26-38(60)15-11-12-33-18-24-36(25-19-33)55-50-52-28-44-46(56-50)59(37-13-7-8-14-37)42-17-10-9-16-40(42)48(63)57(44)6/h9-10,16-25,28,30-31,37,39,41,43,61H,7-8,11-15,26-27,29H2,1-6H3,(H,54,62)(H,52,55,56)/t31-,39+,41+,43-/m0/s1. The van der Waals surface area contributed by atoms with E-state index in [1.807, 2.05) is 113 Å². The lowest BCUT2D eigenvalue weighted by Crippen LogP contribution is -2.50. The van der Waals surface area contributed by atoms with Crippen molar-refractivity contribution in [3.63, 3.8) is 0 Å². The topological polar surface area (TPSA) is 161 Å². The first-order valence-corrected chi connectivity index (χ1v) is 23.7. The summed E-state index contributed by atoms with van der Waals surface area (Å²) in [5.74, 6) is -0.211. The molecule has 14 heteroatoms. The number of aliphatic hydroxyl groups is 1. The number of anilines is 5. The summed E-state index contributed by atoms with van der Waals surface area (Å²) in [6, 6.07) is 22.8. The number of aromatic nitrogens is 3. The van der Waals surface area contributed by atoms with Gasteiger partial charge in [-0.05, 0) is 85.9 Å². The molecule has 340 valence electrons. The van der Waals surface area contributed by atoms with Crippen molar-refractivity contribution in [3.8, 4) is 10.4 Å². The summed E-state index contributed by atoms with van der Waals surface area (Å²) >= 11 is 1.59. The van der Waals surface area contributed by atoms with Crippen molar-refractivity contribution < 1.29 is 24.3 Å². The van der Waals surface area contributed by atoms with Crippen LogP contribution in [-0.4, -0.2) is 80.2 Å². The summed E-state index contributed by atoms with van der Waals surface area (Å²) in [6.07, 6.45) is 7.01. The molecule has 0 spiro atoms. The number of nitrogens with one attached hydrogen (secondary N) is 2. The number of thiazole rings is 1. The van der Waals surface area contributed by atoms with Gasteiger partial charge in [-0.25, -0.2) is 9.97 Å². The van der Waals surface area contributed by atoms with E-state index in [9.17, 15) is 24.3 Å². The molecule has 2 fully saturated rings. The number of likely N-dealkylation sites (tertiary alicyclic amines) is 1. The Morgan fingerprint density at radius 2 is 1.68 bits per heavy atom. The average molecular weight is 897 g/mol. The molecule has 0 bridgehead atoms. The molecule has 2 aromatic heterocycles. The first-order valence-electron chi connectivity index (χ1n) is 22.9. The minimum atomic E-state index is -0.837. The van der Waals surface area contributed by atoms with E-state index in [0.29, 0.717) is 42.3 Å². The molecule has 0 unspecified atom stereocenters. The first-order chi connectivity index (χ1) is 31.2. The Hall–Kier alpha value is -5.99. The molecule has 4 heterocycles. The summed E-state index contributed by atoms with van der Waals surface area (Å²) < 4.78 is 0. The minimum Gasteiger partial charge on any atom is -0.391 e. The molecule has 1 saturated heterocycles. The predicted molar refractivity (Wildman–Crippen MR) is 256 cm³/mol. The van der Waals surface area contributed by atoms with Gasteiger partial charge in [0, 0.05) is 50.5 Å². The van der Waals surface area contributed by atoms with E-state index in [2.05, 4.69) is 25.5 Å². The number of benzene rings is 3. The van der Waals surface area contributed by atoms with E-state index >= 15 is 0 Å². The molecule has 1 saturated carbocycles. The molecule has 3 N–H and O–H groups in total. The van der Waals surface area contributed by atoms with Crippen LogP contribution in [0.25, 0.3) is 10.4 Å².